The van der Waals surface area contributed by atoms with E-state index in [0.717, 1.165) is 18.9 Å². The van der Waals surface area contributed by atoms with Crippen LogP contribution in [0.3, 0.4) is 0 Å². The van der Waals surface area contributed by atoms with Gasteiger partial charge in [-0.1, -0.05) is 0 Å². The molecule has 1 aliphatic heterocycles. The van der Waals surface area contributed by atoms with Gasteiger partial charge in [0.2, 0.25) is 0 Å². The van der Waals surface area contributed by atoms with E-state index in [1.807, 2.05) is 4.68 Å². The molecular weight excluding hydrogens is 208 g/mol. The topological polar surface area (TPSA) is 42.7 Å². The van der Waals surface area contributed by atoms with Gasteiger partial charge in [0.15, 0.2) is 0 Å². The Morgan fingerprint density at radius 3 is 3.07 bits per heavy atom. The minimum atomic E-state index is 0.674. The number of nitrogens with one attached hydrogen (secondary N) is 1. The van der Waals surface area contributed by atoms with Gasteiger partial charge in [-0.3, -0.25) is 0 Å². The largest absolute Gasteiger partial charge is 0.307 e. The molecule has 0 atom stereocenters. The third-order valence-corrected chi connectivity index (χ3v) is 3.81. The van der Waals surface area contributed by atoms with Gasteiger partial charge in [0.25, 0.3) is 0 Å². The fourth-order valence-electron chi connectivity index (χ4n) is 1.83. The van der Waals surface area contributed by atoms with Gasteiger partial charge in [0.1, 0.15) is 12.2 Å². The number of hydrogen-bond donors (Lipinski definition) is 1. The van der Waals surface area contributed by atoms with Gasteiger partial charge in [0, 0.05) is 12.6 Å². The second kappa shape index (κ2) is 5.51. The zero-order valence-corrected chi connectivity index (χ0v) is 9.96. The third kappa shape index (κ3) is 2.95. The molecule has 5 heteroatoms. The third-order valence-electron chi connectivity index (χ3n) is 2.77. The van der Waals surface area contributed by atoms with Crippen molar-refractivity contribution in [2.75, 3.05) is 11.5 Å². The van der Waals surface area contributed by atoms with E-state index in [0.29, 0.717) is 6.04 Å². The quantitative estimate of drug-likeness (QED) is 0.840. The Kier molecular flexibility index (Phi) is 4.02. The first-order valence-electron chi connectivity index (χ1n) is 5.58. The molecule has 2 heterocycles. The van der Waals surface area contributed by atoms with Crippen molar-refractivity contribution in [3.8, 4) is 0 Å². The van der Waals surface area contributed by atoms with Crippen LogP contribution in [-0.4, -0.2) is 32.3 Å². The molecule has 0 aromatic carbocycles. The highest BCUT2D eigenvalue weighted by Crippen LogP contribution is 2.17. The van der Waals surface area contributed by atoms with E-state index in [-0.39, 0.29) is 0 Å². The highest BCUT2D eigenvalue weighted by atomic mass is 32.2. The van der Waals surface area contributed by atoms with Crippen molar-refractivity contribution in [1.29, 1.82) is 0 Å². The van der Waals surface area contributed by atoms with E-state index in [2.05, 4.69) is 34.1 Å². The maximum atomic E-state index is 4.26. The summed E-state index contributed by atoms with van der Waals surface area (Å²) in [7, 11) is 0. The first-order chi connectivity index (χ1) is 7.40. The molecule has 1 N–H and O–H groups in total. The van der Waals surface area contributed by atoms with Crippen LogP contribution in [0.1, 0.15) is 25.6 Å². The molecule has 1 aromatic heterocycles. The second-order valence-corrected chi connectivity index (χ2v) is 4.98. The van der Waals surface area contributed by atoms with Crippen LogP contribution >= 0.6 is 11.8 Å². The lowest BCUT2D eigenvalue weighted by molar-refractivity contribution is 0.461. The van der Waals surface area contributed by atoms with Crippen LogP contribution in [0.2, 0.25) is 0 Å². The van der Waals surface area contributed by atoms with Crippen molar-refractivity contribution in [3.05, 3.63) is 12.2 Å². The molecule has 2 rings (SSSR count). The molecule has 0 bridgehead atoms. The molecule has 0 aliphatic carbocycles. The van der Waals surface area contributed by atoms with Crippen LogP contribution in [0.25, 0.3) is 0 Å². The minimum Gasteiger partial charge on any atom is -0.307 e. The SMILES string of the molecule is CCn1ncnc1CNC1CCSCC1. The molecule has 0 unspecified atom stereocenters. The number of aryl methyl sites for hydroxylation is 1. The average molecular weight is 226 g/mol. The summed E-state index contributed by atoms with van der Waals surface area (Å²) in [5.41, 5.74) is 0. The van der Waals surface area contributed by atoms with Gasteiger partial charge in [-0.25, -0.2) is 9.67 Å². The molecule has 1 aliphatic rings. The van der Waals surface area contributed by atoms with E-state index >= 15 is 0 Å². The molecule has 1 aromatic rings. The zero-order chi connectivity index (χ0) is 10.5. The first-order valence-corrected chi connectivity index (χ1v) is 6.73. The molecular formula is C10H18N4S. The Morgan fingerprint density at radius 2 is 2.33 bits per heavy atom. The van der Waals surface area contributed by atoms with E-state index in [1.54, 1.807) is 6.33 Å². The molecule has 0 radical (unpaired) electrons. The maximum absolute atomic E-state index is 4.26. The van der Waals surface area contributed by atoms with Crippen LogP contribution < -0.4 is 5.32 Å². The van der Waals surface area contributed by atoms with Crippen molar-refractivity contribution in [2.24, 2.45) is 0 Å². The van der Waals surface area contributed by atoms with Gasteiger partial charge in [-0.15, -0.1) is 0 Å². The fourth-order valence-corrected chi connectivity index (χ4v) is 2.93. The Balaban J connectivity index is 1.81. The Labute approximate surface area is 94.8 Å². The maximum Gasteiger partial charge on any atom is 0.140 e. The predicted octanol–water partition coefficient (Wildman–Crippen LogP) is 1.28. The summed E-state index contributed by atoms with van der Waals surface area (Å²) in [6.07, 6.45) is 4.20. The monoisotopic (exact) mass is 226 g/mol. The van der Waals surface area contributed by atoms with Gasteiger partial charge >= 0.3 is 0 Å². The number of hydrogen-bond acceptors (Lipinski definition) is 4. The summed E-state index contributed by atoms with van der Waals surface area (Å²) in [5.74, 6) is 3.63. The van der Waals surface area contributed by atoms with Crippen molar-refractivity contribution in [3.63, 3.8) is 0 Å². The Morgan fingerprint density at radius 1 is 1.53 bits per heavy atom. The number of nitrogens with zero attached hydrogens (tertiary/aromatic N) is 3. The molecule has 0 saturated carbocycles. The van der Waals surface area contributed by atoms with Crippen LogP contribution in [0, 0.1) is 0 Å². The minimum absolute atomic E-state index is 0.674. The second-order valence-electron chi connectivity index (χ2n) is 3.76. The molecule has 1 fully saturated rings. The molecule has 0 amide bonds. The van der Waals surface area contributed by atoms with Gasteiger partial charge in [0.05, 0.1) is 6.54 Å². The first kappa shape index (κ1) is 11.0. The fraction of sp³-hybridized carbons (Fsp3) is 0.800. The number of rotatable bonds is 4. The van der Waals surface area contributed by atoms with Crippen molar-refractivity contribution < 1.29 is 0 Å². The van der Waals surface area contributed by atoms with Crippen LogP contribution in [-0.2, 0) is 13.1 Å². The van der Waals surface area contributed by atoms with Crippen LogP contribution in [0.5, 0.6) is 0 Å². The zero-order valence-electron chi connectivity index (χ0n) is 9.15. The molecule has 84 valence electrons. The summed E-state index contributed by atoms with van der Waals surface area (Å²) < 4.78 is 1.95. The van der Waals surface area contributed by atoms with Crippen molar-refractivity contribution >= 4 is 11.8 Å². The lowest BCUT2D eigenvalue weighted by Gasteiger charge is -2.22. The number of aromatic nitrogens is 3. The van der Waals surface area contributed by atoms with Gasteiger partial charge in [-0.05, 0) is 31.3 Å². The summed E-state index contributed by atoms with van der Waals surface area (Å²) in [6, 6.07) is 0.674. The normalized spacial score (nSPS) is 18.2. The Hall–Kier alpha value is -0.550. The molecule has 15 heavy (non-hydrogen) atoms. The molecule has 4 nitrogen and oxygen atoms in total. The van der Waals surface area contributed by atoms with Crippen LogP contribution in [0.15, 0.2) is 6.33 Å². The highest BCUT2D eigenvalue weighted by Gasteiger charge is 2.13. The standard InChI is InChI=1S/C10H18N4S/c1-2-14-10(12-8-13-14)7-11-9-3-5-15-6-4-9/h8-9,11H,2-7H2,1H3. The summed E-state index contributed by atoms with van der Waals surface area (Å²) in [4.78, 5) is 4.26. The highest BCUT2D eigenvalue weighted by molar-refractivity contribution is 7.99. The van der Waals surface area contributed by atoms with E-state index < -0.39 is 0 Å². The van der Waals surface area contributed by atoms with Crippen molar-refractivity contribution in [2.45, 2.75) is 38.9 Å². The van der Waals surface area contributed by atoms with Gasteiger partial charge < -0.3 is 5.32 Å². The van der Waals surface area contributed by atoms with E-state index in [1.165, 1.54) is 24.3 Å². The molecule has 1 saturated heterocycles. The lowest BCUT2D eigenvalue weighted by atomic mass is 10.1. The van der Waals surface area contributed by atoms with E-state index in [9.17, 15) is 0 Å². The predicted molar refractivity (Wildman–Crippen MR) is 62.9 cm³/mol. The number of thioether (sulfide) groups is 1. The van der Waals surface area contributed by atoms with E-state index in [4.69, 9.17) is 0 Å². The van der Waals surface area contributed by atoms with Gasteiger partial charge in [-0.2, -0.15) is 16.9 Å². The lowest BCUT2D eigenvalue weighted by Crippen LogP contribution is -2.33. The van der Waals surface area contributed by atoms with Crippen molar-refractivity contribution in [1.82, 2.24) is 20.1 Å². The Bertz CT molecular complexity index is 293. The summed E-state index contributed by atoms with van der Waals surface area (Å²) in [6.45, 7) is 3.84. The van der Waals surface area contributed by atoms with Crippen LogP contribution in [0.4, 0.5) is 0 Å². The summed E-state index contributed by atoms with van der Waals surface area (Å²) >= 11 is 2.06. The smallest absolute Gasteiger partial charge is 0.140 e. The molecule has 0 spiro atoms. The average Bonchev–Trinajstić information content (AvgIpc) is 2.75. The summed E-state index contributed by atoms with van der Waals surface area (Å²) in [5, 5.41) is 7.72.